The number of hydrogen-bond acceptors (Lipinski definition) is 3. The topological polar surface area (TPSA) is 41.5 Å². The number of methoxy groups -OCH3 is 1. The number of rotatable bonds is 7. The molecule has 0 fully saturated rings. The highest BCUT2D eigenvalue weighted by atomic mass is 16.5. The van der Waals surface area contributed by atoms with E-state index in [-0.39, 0.29) is 12.6 Å². The molecule has 0 amide bonds. The SMILES string of the molecule is COCC(C)C(CO)NCC(C)C. The van der Waals surface area contributed by atoms with Crippen molar-refractivity contribution in [2.45, 2.75) is 26.8 Å². The van der Waals surface area contributed by atoms with Crippen molar-refractivity contribution in [2.24, 2.45) is 11.8 Å². The van der Waals surface area contributed by atoms with E-state index in [1.807, 2.05) is 0 Å². The molecule has 80 valence electrons. The maximum Gasteiger partial charge on any atom is 0.0588 e. The van der Waals surface area contributed by atoms with Crippen molar-refractivity contribution < 1.29 is 9.84 Å². The third-order valence-electron chi connectivity index (χ3n) is 2.10. The molecule has 0 bridgehead atoms. The Kier molecular flexibility index (Phi) is 7.23. The van der Waals surface area contributed by atoms with E-state index in [2.05, 4.69) is 26.1 Å². The van der Waals surface area contributed by atoms with E-state index >= 15 is 0 Å². The minimum atomic E-state index is 0.155. The summed E-state index contributed by atoms with van der Waals surface area (Å²) in [5.74, 6) is 0.970. The Labute approximate surface area is 81.5 Å². The molecule has 0 saturated heterocycles. The predicted octanol–water partition coefficient (Wildman–Crippen LogP) is 0.875. The molecule has 2 N–H and O–H groups in total. The highest BCUT2D eigenvalue weighted by Gasteiger charge is 2.15. The van der Waals surface area contributed by atoms with Gasteiger partial charge in [-0.1, -0.05) is 20.8 Å². The molecule has 2 unspecified atom stereocenters. The first kappa shape index (κ1) is 12.9. The molecule has 0 aliphatic carbocycles. The molecule has 0 heterocycles. The van der Waals surface area contributed by atoms with Crippen LogP contribution in [0.1, 0.15) is 20.8 Å². The Morgan fingerprint density at radius 3 is 2.31 bits per heavy atom. The van der Waals surface area contributed by atoms with Gasteiger partial charge < -0.3 is 15.2 Å². The van der Waals surface area contributed by atoms with Crippen LogP contribution < -0.4 is 5.32 Å². The van der Waals surface area contributed by atoms with Crippen LogP contribution in [-0.2, 0) is 4.74 Å². The van der Waals surface area contributed by atoms with Crippen molar-refractivity contribution in [3.8, 4) is 0 Å². The first-order valence-corrected chi connectivity index (χ1v) is 4.95. The van der Waals surface area contributed by atoms with Crippen LogP contribution in [0.2, 0.25) is 0 Å². The molecule has 3 nitrogen and oxygen atoms in total. The van der Waals surface area contributed by atoms with Crippen molar-refractivity contribution in [3.63, 3.8) is 0 Å². The Bertz CT molecular complexity index is 117. The molecular weight excluding hydrogens is 166 g/mol. The minimum Gasteiger partial charge on any atom is -0.395 e. The summed E-state index contributed by atoms with van der Waals surface area (Å²) < 4.78 is 5.04. The first-order valence-electron chi connectivity index (χ1n) is 4.95. The molecule has 2 atom stereocenters. The van der Waals surface area contributed by atoms with E-state index in [1.165, 1.54) is 0 Å². The molecule has 0 spiro atoms. The van der Waals surface area contributed by atoms with Crippen molar-refractivity contribution in [1.82, 2.24) is 5.32 Å². The van der Waals surface area contributed by atoms with Crippen molar-refractivity contribution >= 4 is 0 Å². The van der Waals surface area contributed by atoms with Gasteiger partial charge in [-0.3, -0.25) is 0 Å². The number of aliphatic hydroxyl groups excluding tert-OH is 1. The molecule has 13 heavy (non-hydrogen) atoms. The second-order valence-corrected chi connectivity index (χ2v) is 4.02. The van der Waals surface area contributed by atoms with E-state index in [9.17, 15) is 0 Å². The average Bonchev–Trinajstić information content (AvgIpc) is 2.05. The summed E-state index contributed by atoms with van der Waals surface area (Å²) >= 11 is 0. The monoisotopic (exact) mass is 189 g/mol. The number of ether oxygens (including phenoxy) is 1. The van der Waals surface area contributed by atoms with Crippen LogP contribution in [0.3, 0.4) is 0 Å². The van der Waals surface area contributed by atoms with Crippen LogP contribution in [0.15, 0.2) is 0 Å². The first-order chi connectivity index (χ1) is 6.11. The van der Waals surface area contributed by atoms with E-state index in [1.54, 1.807) is 7.11 Å². The largest absolute Gasteiger partial charge is 0.395 e. The van der Waals surface area contributed by atoms with Crippen LogP contribution >= 0.6 is 0 Å². The zero-order chi connectivity index (χ0) is 10.3. The summed E-state index contributed by atoms with van der Waals surface area (Å²) in [5, 5.41) is 12.4. The Balaban J connectivity index is 3.73. The van der Waals surface area contributed by atoms with Gasteiger partial charge in [0.25, 0.3) is 0 Å². The van der Waals surface area contributed by atoms with Gasteiger partial charge in [-0.25, -0.2) is 0 Å². The number of nitrogens with one attached hydrogen (secondary N) is 1. The highest BCUT2D eigenvalue weighted by molar-refractivity contribution is 4.72. The van der Waals surface area contributed by atoms with Crippen LogP contribution in [0.5, 0.6) is 0 Å². The molecule has 0 aromatic carbocycles. The Hall–Kier alpha value is -0.120. The average molecular weight is 189 g/mol. The summed E-state index contributed by atoms with van der Waals surface area (Å²) in [7, 11) is 1.69. The van der Waals surface area contributed by atoms with Crippen molar-refractivity contribution in [3.05, 3.63) is 0 Å². The zero-order valence-electron chi connectivity index (χ0n) is 9.21. The quantitative estimate of drug-likeness (QED) is 0.624. The van der Waals surface area contributed by atoms with Gasteiger partial charge in [-0.2, -0.15) is 0 Å². The van der Waals surface area contributed by atoms with Gasteiger partial charge >= 0.3 is 0 Å². The van der Waals surface area contributed by atoms with E-state index in [0.29, 0.717) is 18.4 Å². The lowest BCUT2D eigenvalue weighted by molar-refractivity contribution is 0.113. The summed E-state index contributed by atoms with van der Waals surface area (Å²) in [6.07, 6.45) is 0. The highest BCUT2D eigenvalue weighted by Crippen LogP contribution is 2.03. The second-order valence-electron chi connectivity index (χ2n) is 4.02. The minimum absolute atomic E-state index is 0.155. The third-order valence-corrected chi connectivity index (χ3v) is 2.10. The molecule has 0 rings (SSSR count). The Morgan fingerprint density at radius 1 is 1.31 bits per heavy atom. The summed E-state index contributed by atoms with van der Waals surface area (Å²) in [6.45, 7) is 8.20. The fourth-order valence-corrected chi connectivity index (χ4v) is 1.21. The van der Waals surface area contributed by atoms with Gasteiger partial charge in [0.05, 0.1) is 13.2 Å². The maximum absolute atomic E-state index is 9.12. The number of aliphatic hydroxyl groups is 1. The van der Waals surface area contributed by atoms with Crippen molar-refractivity contribution in [1.29, 1.82) is 0 Å². The lowest BCUT2D eigenvalue weighted by atomic mass is 10.0. The van der Waals surface area contributed by atoms with Gasteiger partial charge in [-0.15, -0.1) is 0 Å². The van der Waals surface area contributed by atoms with Crippen LogP contribution in [0.4, 0.5) is 0 Å². The van der Waals surface area contributed by atoms with E-state index in [4.69, 9.17) is 9.84 Å². The van der Waals surface area contributed by atoms with Crippen LogP contribution in [-0.4, -0.2) is 38.0 Å². The van der Waals surface area contributed by atoms with E-state index in [0.717, 1.165) is 6.54 Å². The third kappa shape index (κ3) is 6.02. The van der Waals surface area contributed by atoms with Gasteiger partial charge in [0, 0.05) is 13.2 Å². The maximum atomic E-state index is 9.12. The Morgan fingerprint density at radius 2 is 1.92 bits per heavy atom. The molecule has 0 saturated carbocycles. The van der Waals surface area contributed by atoms with Gasteiger partial charge in [0.1, 0.15) is 0 Å². The molecular formula is C10H23NO2. The van der Waals surface area contributed by atoms with E-state index < -0.39 is 0 Å². The van der Waals surface area contributed by atoms with Gasteiger partial charge in [0.15, 0.2) is 0 Å². The van der Waals surface area contributed by atoms with Crippen LogP contribution in [0.25, 0.3) is 0 Å². The standard InChI is InChI=1S/C10H23NO2/c1-8(2)5-11-10(6-12)9(3)7-13-4/h8-12H,5-7H2,1-4H3. The lowest BCUT2D eigenvalue weighted by Gasteiger charge is -2.23. The zero-order valence-corrected chi connectivity index (χ0v) is 9.21. The second kappa shape index (κ2) is 7.30. The molecule has 0 aromatic heterocycles. The smallest absolute Gasteiger partial charge is 0.0588 e. The molecule has 0 aliphatic rings. The normalized spacial score (nSPS) is 16.2. The van der Waals surface area contributed by atoms with Crippen LogP contribution in [0, 0.1) is 11.8 Å². The summed E-state index contributed by atoms with van der Waals surface area (Å²) in [6, 6.07) is 0.155. The predicted molar refractivity (Wildman–Crippen MR) is 54.8 cm³/mol. The molecule has 3 heteroatoms. The molecule has 0 aliphatic heterocycles. The lowest BCUT2D eigenvalue weighted by Crippen LogP contribution is -2.41. The fourth-order valence-electron chi connectivity index (χ4n) is 1.21. The number of hydrogen-bond donors (Lipinski definition) is 2. The summed E-state index contributed by atoms with van der Waals surface area (Å²) in [5.41, 5.74) is 0. The van der Waals surface area contributed by atoms with Gasteiger partial charge in [-0.05, 0) is 18.4 Å². The van der Waals surface area contributed by atoms with Gasteiger partial charge in [0.2, 0.25) is 0 Å². The fraction of sp³-hybridized carbons (Fsp3) is 1.00. The summed E-state index contributed by atoms with van der Waals surface area (Å²) in [4.78, 5) is 0. The molecule has 0 aromatic rings. The molecule has 0 radical (unpaired) electrons. The van der Waals surface area contributed by atoms with Crippen molar-refractivity contribution in [2.75, 3.05) is 26.9 Å².